The van der Waals surface area contributed by atoms with Crippen molar-refractivity contribution >= 4 is 11.9 Å². The molecule has 5 nitrogen and oxygen atoms in total. The maximum Gasteiger partial charge on any atom is 0.340 e. The monoisotopic (exact) mass is 275 g/mol. The minimum Gasteiger partial charge on any atom is -0.478 e. The number of ether oxygens (including phenoxy) is 1. The zero-order valence-electron chi connectivity index (χ0n) is 10.5. The Kier molecular flexibility index (Phi) is 3.74. The fourth-order valence-corrected chi connectivity index (χ4v) is 1.77. The highest BCUT2D eigenvalue weighted by molar-refractivity contribution is 5.96. The van der Waals surface area contributed by atoms with E-state index in [9.17, 15) is 14.0 Å². The van der Waals surface area contributed by atoms with Crippen molar-refractivity contribution in [1.82, 2.24) is 4.98 Å². The van der Waals surface area contributed by atoms with Crippen LogP contribution in [0.15, 0.2) is 36.7 Å². The smallest absolute Gasteiger partial charge is 0.340 e. The lowest BCUT2D eigenvalue weighted by molar-refractivity contribution is 0.0594. The summed E-state index contributed by atoms with van der Waals surface area (Å²) in [6.45, 7) is 0. The number of hydrogen-bond acceptors (Lipinski definition) is 4. The van der Waals surface area contributed by atoms with Crippen LogP contribution in [0.25, 0.3) is 11.1 Å². The Balaban J connectivity index is 2.53. The third-order valence-corrected chi connectivity index (χ3v) is 2.74. The highest BCUT2D eigenvalue weighted by Crippen LogP contribution is 2.25. The van der Waals surface area contributed by atoms with Crippen LogP contribution in [0.5, 0.6) is 0 Å². The first-order valence-electron chi connectivity index (χ1n) is 5.60. The van der Waals surface area contributed by atoms with Crippen molar-refractivity contribution in [3.63, 3.8) is 0 Å². The number of benzene rings is 1. The minimum absolute atomic E-state index is 0.0438. The number of carboxylic acids is 1. The Morgan fingerprint density at radius 3 is 2.60 bits per heavy atom. The molecule has 0 amide bonds. The number of hydrogen-bond donors (Lipinski definition) is 1. The van der Waals surface area contributed by atoms with Gasteiger partial charge < -0.3 is 9.84 Å². The van der Waals surface area contributed by atoms with Gasteiger partial charge in [0.15, 0.2) is 0 Å². The number of carboxylic acid groups (broad SMARTS) is 1. The van der Waals surface area contributed by atoms with Gasteiger partial charge in [-0.2, -0.15) is 0 Å². The van der Waals surface area contributed by atoms with E-state index in [-0.39, 0.29) is 11.1 Å². The normalized spacial score (nSPS) is 10.1. The Bertz CT molecular complexity index is 685. The van der Waals surface area contributed by atoms with Crippen molar-refractivity contribution in [1.29, 1.82) is 0 Å². The number of esters is 1. The molecular weight excluding hydrogens is 265 g/mol. The minimum atomic E-state index is -1.16. The average molecular weight is 275 g/mol. The number of carbonyl (C=O) groups is 2. The van der Waals surface area contributed by atoms with E-state index in [1.54, 1.807) is 0 Å². The quantitative estimate of drug-likeness (QED) is 0.870. The lowest BCUT2D eigenvalue weighted by atomic mass is 10.00. The number of nitrogens with zero attached hydrogens (tertiary/aromatic N) is 1. The van der Waals surface area contributed by atoms with E-state index in [0.29, 0.717) is 11.1 Å². The van der Waals surface area contributed by atoms with Crippen LogP contribution in [0.1, 0.15) is 20.7 Å². The molecule has 0 atom stereocenters. The van der Waals surface area contributed by atoms with E-state index < -0.39 is 17.8 Å². The van der Waals surface area contributed by atoms with E-state index in [2.05, 4.69) is 9.72 Å². The Hall–Kier alpha value is -2.76. The second-order valence-corrected chi connectivity index (χ2v) is 3.91. The number of aromatic nitrogens is 1. The van der Waals surface area contributed by atoms with E-state index in [0.717, 1.165) is 13.2 Å². The van der Waals surface area contributed by atoms with Crippen LogP contribution in [0, 0.1) is 5.82 Å². The molecule has 0 aliphatic heterocycles. The summed E-state index contributed by atoms with van der Waals surface area (Å²) in [5.74, 6) is -2.73. The van der Waals surface area contributed by atoms with Crippen LogP contribution in [-0.4, -0.2) is 29.1 Å². The second kappa shape index (κ2) is 5.48. The summed E-state index contributed by atoms with van der Waals surface area (Å²) in [5.41, 5.74) is 0.415. The number of carbonyl (C=O) groups excluding carboxylic acids is 1. The topological polar surface area (TPSA) is 76.5 Å². The summed E-state index contributed by atoms with van der Waals surface area (Å²) in [7, 11) is 1.15. The molecule has 0 unspecified atom stereocenters. The molecule has 1 aromatic carbocycles. The molecule has 0 aliphatic rings. The predicted molar refractivity (Wildman–Crippen MR) is 67.9 cm³/mol. The maximum atomic E-state index is 13.8. The Morgan fingerprint density at radius 2 is 2.00 bits per heavy atom. The van der Waals surface area contributed by atoms with Gasteiger partial charge in [-0.15, -0.1) is 0 Å². The number of methoxy groups -OCH3 is 1. The van der Waals surface area contributed by atoms with Gasteiger partial charge in [-0.1, -0.05) is 6.07 Å². The summed E-state index contributed by atoms with van der Waals surface area (Å²) in [4.78, 5) is 26.1. The van der Waals surface area contributed by atoms with E-state index >= 15 is 0 Å². The second-order valence-electron chi connectivity index (χ2n) is 3.91. The molecule has 0 saturated heterocycles. The lowest BCUT2D eigenvalue weighted by Crippen LogP contribution is -2.05. The molecule has 0 radical (unpaired) electrons. The highest BCUT2D eigenvalue weighted by atomic mass is 19.1. The van der Waals surface area contributed by atoms with Crippen LogP contribution in [0.4, 0.5) is 4.39 Å². The SMILES string of the molecule is COC(=O)c1ccc(-c2ccncc2C(=O)O)cc1F. The maximum absolute atomic E-state index is 13.8. The van der Waals surface area contributed by atoms with Crippen molar-refractivity contribution in [2.24, 2.45) is 0 Å². The van der Waals surface area contributed by atoms with Crippen LogP contribution in [-0.2, 0) is 4.74 Å². The number of rotatable bonds is 3. The number of halogens is 1. The summed E-state index contributed by atoms with van der Waals surface area (Å²) >= 11 is 0. The summed E-state index contributed by atoms with van der Waals surface area (Å²) < 4.78 is 18.3. The van der Waals surface area contributed by atoms with Crippen molar-refractivity contribution in [3.8, 4) is 11.1 Å². The standard InChI is InChI=1S/C14H10FNO4/c1-20-14(19)10-3-2-8(6-12(10)15)9-4-5-16-7-11(9)13(17)18/h2-7H,1H3,(H,17,18). The summed E-state index contributed by atoms with van der Waals surface area (Å²) in [6, 6.07) is 5.27. The van der Waals surface area contributed by atoms with Gasteiger partial charge in [0.2, 0.25) is 0 Å². The van der Waals surface area contributed by atoms with Crippen molar-refractivity contribution < 1.29 is 23.8 Å². The largest absolute Gasteiger partial charge is 0.478 e. The third-order valence-electron chi connectivity index (χ3n) is 2.74. The molecular formula is C14H10FNO4. The van der Waals surface area contributed by atoms with Gasteiger partial charge in [0.1, 0.15) is 5.82 Å². The molecule has 1 aromatic heterocycles. The van der Waals surface area contributed by atoms with Gasteiger partial charge in [-0.25, -0.2) is 14.0 Å². The highest BCUT2D eigenvalue weighted by Gasteiger charge is 2.16. The fraction of sp³-hybridized carbons (Fsp3) is 0.0714. The molecule has 1 heterocycles. The molecule has 2 aromatic rings. The molecule has 0 saturated carbocycles. The summed E-state index contributed by atoms with van der Waals surface area (Å²) in [6.07, 6.45) is 2.59. The molecule has 6 heteroatoms. The van der Waals surface area contributed by atoms with E-state index in [1.807, 2.05) is 0 Å². The number of aromatic carboxylic acids is 1. The van der Waals surface area contributed by atoms with Crippen molar-refractivity contribution in [3.05, 3.63) is 53.6 Å². The van der Waals surface area contributed by atoms with Gasteiger partial charge in [-0.3, -0.25) is 4.98 Å². The van der Waals surface area contributed by atoms with Crippen LogP contribution in [0.3, 0.4) is 0 Å². The van der Waals surface area contributed by atoms with E-state index in [4.69, 9.17) is 5.11 Å². The first-order chi connectivity index (χ1) is 9.54. The molecule has 0 aliphatic carbocycles. The Labute approximate surface area is 113 Å². The van der Waals surface area contributed by atoms with Gasteiger partial charge in [-0.05, 0) is 29.3 Å². The van der Waals surface area contributed by atoms with Gasteiger partial charge >= 0.3 is 11.9 Å². The molecule has 0 fully saturated rings. The predicted octanol–water partition coefficient (Wildman–Crippen LogP) is 2.37. The number of pyridine rings is 1. The van der Waals surface area contributed by atoms with Gasteiger partial charge in [0.25, 0.3) is 0 Å². The Morgan fingerprint density at radius 1 is 1.25 bits per heavy atom. The first-order valence-corrected chi connectivity index (χ1v) is 5.60. The van der Waals surface area contributed by atoms with Gasteiger partial charge in [0.05, 0.1) is 18.2 Å². The van der Waals surface area contributed by atoms with Crippen LogP contribution >= 0.6 is 0 Å². The zero-order chi connectivity index (χ0) is 14.7. The first kappa shape index (κ1) is 13.7. The molecule has 1 N–H and O–H groups in total. The third kappa shape index (κ3) is 2.49. The fourth-order valence-electron chi connectivity index (χ4n) is 1.77. The molecule has 0 bridgehead atoms. The molecule has 102 valence electrons. The van der Waals surface area contributed by atoms with Gasteiger partial charge in [0, 0.05) is 12.4 Å². The van der Waals surface area contributed by atoms with Crippen molar-refractivity contribution in [2.75, 3.05) is 7.11 Å². The average Bonchev–Trinajstić information content (AvgIpc) is 2.46. The molecule has 2 rings (SSSR count). The van der Waals surface area contributed by atoms with Crippen LogP contribution in [0.2, 0.25) is 0 Å². The molecule has 0 spiro atoms. The van der Waals surface area contributed by atoms with Crippen LogP contribution < -0.4 is 0 Å². The van der Waals surface area contributed by atoms with E-state index in [1.165, 1.54) is 30.6 Å². The molecule has 20 heavy (non-hydrogen) atoms. The lowest BCUT2D eigenvalue weighted by Gasteiger charge is -2.07. The zero-order valence-corrected chi connectivity index (χ0v) is 10.5. The van der Waals surface area contributed by atoms with Crippen molar-refractivity contribution in [2.45, 2.75) is 0 Å². The summed E-state index contributed by atoms with van der Waals surface area (Å²) in [5, 5.41) is 9.07.